The molecule has 1 aromatic heterocycles. The summed E-state index contributed by atoms with van der Waals surface area (Å²) in [6, 6.07) is 17.4. The summed E-state index contributed by atoms with van der Waals surface area (Å²) in [6.45, 7) is 3.00. The van der Waals surface area contributed by atoms with Crippen molar-refractivity contribution in [3.8, 4) is 11.5 Å². The van der Waals surface area contributed by atoms with Crippen molar-refractivity contribution in [3.05, 3.63) is 99.9 Å². The maximum Gasteiger partial charge on any atom is 3.00 e. The van der Waals surface area contributed by atoms with Crippen LogP contribution in [0, 0.1) is 17.0 Å². The third kappa shape index (κ3) is 12.6. The summed E-state index contributed by atoms with van der Waals surface area (Å²) in [5.74, 6) is -0.0833. The van der Waals surface area contributed by atoms with Gasteiger partial charge in [0.05, 0.1) is 13.1 Å². The largest absolute Gasteiger partial charge is 3.00 e. The summed E-state index contributed by atoms with van der Waals surface area (Å²) in [5.41, 5.74) is 2.40. The third-order valence-electron chi connectivity index (χ3n) is 3.50. The SMILES string of the molecule is Cc1ccncc1.O=N[O-].[Co+3].[O-]c1ccccc1C=NCCN=Cc1ccccc1[O-]. The van der Waals surface area contributed by atoms with E-state index < -0.39 is 0 Å². The van der Waals surface area contributed by atoms with E-state index in [1.165, 1.54) is 17.7 Å². The molecule has 0 bridgehead atoms. The van der Waals surface area contributed by atoms with Crippen LogP contribution in [-0.2, 0) is 16.8 Å². The minimum Gasteiger partial charge on any atom is -0.872 e. The van der Waals surface area contributed by atoms with Gasteiger partial charge in [-0.2, -0.15) is 0 Å². The van der Waals surface area contributed by atoms with Gasteiger partial charge in [-0.25, -0.2) is 0 Å². The summed E-state index contributed by atoms with van der Waals surface area (Å²) in [4.78, 5) is 20.1. The van der Waals surface area contributed by atoms with E-state index in [1.807, 2.05) is 19.1 Å². The van der Waals surface area contributed by atoms with Crippen LogP contribution in [0.3, 0.4) is 0 Å². The standard InChI is InChI=1S/C16H16N2O2.C6H7N.Co.HNO2/c19-15-7-3-1-5-13(15)11-17-9-10-18-12-14-6-2-4-8-16(14)20;1-6-2-4-7-5-3-6;;2-1-3/h1-8,11-12,19-20H,9-10H2;2-5H,1H3;;(H,2,3)/q;;+3;/p-3. The molecule has 0 aliphatic rings. The van der Waals surface area contributed by atoms with E-state index in [4.69, 9.17) is 10.1 Å². The molecule has 0 atom stereocenters. The molecular formula is C22H21CoN4O4. The summed E-state index contributed by atoms with van der Waals surface area (Å²) < 4.78 is 0. The predicted octanol–water partition coefficient (Wildman–Crippen LogP) is 3.01. The van der Waals surface area contributed by atoms with Crippen molar-refractivity contribution < 1.29 is 27.0 Å². The zero-order valence-corrected chi connectivity index (χ0v) is 17.8. The minimum absolute atomic E-state index is 0. The van der Waals surface area contributed by atoms with E-state index in [0.29, 0.717) is 24.2 Å². The Kier molecular flexibility index (Phi) is 15.3. The van der Waals surface area contributed by atoms with Gasteiger partial charge in [-0.05, 0) is 35.7 Å². The van der Waals surface area contributed by atoms with Gasteiger partial charge in [-0.3, -0.25) is 15.0 Å². The van der Waals surface area contributed by atoms with Crippen molar-refractivity contribution in [2.45, 2.75) is 6.92 Å². The molecule has 31 heavy (non-hydrogen) atoms. The molecule has 0 amide bonds. The zero-order chi connectivity index (χ0) is 22.0. The number of pyridine rings is 1. The molecule has 3 aromatic rings. The molecule has 0 saturated heterocycles. The molecule has 0 fully saturated rings. The van der Waals surface area contributed by atoms with Crippen LogP contribution in [0.1, 0.15) is 16.7 Å². The molecule has 0 N–H and O–H groups in total. The van der Waals surface area contributed by atoms with Crippen LogP contribution in [0.15, 0.2) is 88.4 Å². The Morgan fingerprint density at radius 2 is 1.19 bits per heavy atom. The number of hydrogen-bond acceptors (Lipinski definition) is 8. The quantitative estimate of drug-likeness (QED) is 0.247. The number of aliphatic imine (C=N–C) groups is 2. The Morgan fingerprint density at radius 3 is 1.52 bits per heavy atom. The Hall–Kier alpha value is -3.56. The number of aryl methyl sites for hydroxylation is 1. The topological polar surface area (TPSA) is 136 Å². The van der Waals surface area contributed by atoms with Crippen molar-refractivity contribution in [1.29, 1.82) is 0 Å². The second kappa shape index (κ2) is 17.3. The number of rotatable bonds is 5. The molecule has 9 heteroatoms. The van der Waals surface area contributed by atoms with E-state index in [-0.39, 0.29) is 28.3 Å². The third-order valence-corrected chi connectivity index (χ3v) is 3.50. The Labute approximate surface area is 191 Å². The normalized spacial score (nSPS) is 9.71. The summed E-state index contributed by atoms with van der Waals surface area (Å²) in [7, 11) is 0. The van der Waals surface area contributed by atoms with Gasteiger partial charge >= 0.3 is 16.8 Å². The monoisotopic (exact) mass is 464 g/mol. The first-order valence-corrected chi connectivity index (χ1v) is 8.91. The van der Waals surface area contributed by atoms with E-state index >= 15 is 0 Å². The van der Waals surface area contributed by atoms with E-state index in [9.17, 15) is 10.2 Å². The fraction of sp³-hybridized carbons (Fsp3) is 0.136. The number of nitrogens with zero attached hydrogens (tertiary/aromatic N) is 4. The molecule has 8 nitrogen and oxygen atoms in total. The Bertz CT molecular complexity index is 882. The molecule has 0 unspecified atom stereocenters. The van der Waals surface area contributed by atoms with Gasteiger partial charge < -0.3 is 20.3 Å². The van der Waals surface area contributed by atoms with Gasteiger partial charge in [-0.15, -0.1) is 16.8 Å². The van der Waals surface area contributed by atoms with Crippen LogP contribution in [0.5, 0.6) is 11.5 Å². The van der Waals surface area contributed by atoms with Gasteiger partial charge in [0.25, 0.3) is 0 Å². The molecule has 0 spiro atoms. The number of hydrogen-bond donors (Lipinski definition) is 0. The molecule has 162 valence electrons. The number of aromatic nitrogens is 1. The van der Waals surface area contributed by atoms with Crippen molar-refractivity contribution in [1.82, 2.24) is 4.98 Å². The molecule has 1 heterocycles. The van der Waals surface area contributed by atoms with Crippen LogP contribution >= 0.6 is 0 Å². The smallest absolute Gasteiger partial charge is 0.872 e. The molecule has 0 aliphatic heterocycles. The van der Waals surface area contributed by atoms with Gasteiger partial charge in [-0.1, -0.05) is 48.5 Å². The van der Waals surface area contributed by atoms with Crippen LogP contribution < -0.4 is 10.2 Å². The second-order valence-corrected chi connectivity index (χ2v) is 5.75. The Balaban J connectivity index is 0.000000682. The molecular weight excluding hydrogens is 443 g/mol. The van der Waals surface area contributed by atoms with Crippen molar-refractivity contribution >= 4 is 12.4 Å². The van der Waals surface area contributed by atoms with Gasteiger partial charge in [0, 0.05) is 24.8 Å². The zero-order valence-electron chi connectivity index (χ0n) is 16.8. The average Bonchev–Trinajstić information content (AvgIpc) is 2.75. The van der Waals surface area contributed by atoms with Crippen molar-refractivity contribution in [2.24, 2.45) is 15.3 Å². The van der Waals surface area contributed by atoms with Crippen LogP contribution in [0.25, 0.3) is 0 Å². The molecule has 0 radical (unpaired) electrons. The van der Waals surface area contributed by atoms with Crippen LogP contribution in [0.2, 0.25) is 0 Å². The molecule has 0 saturated carbocycles. The minimum atomic E-state index is -0.0416. The number of para-hydroxylation sites is 2. The first-order valence-electron chi connectivity index (χ1n) is 8.91. The van der Waals surface area contributed by atoms with Crippen molar-refractivity contribution in [2.75, 3.05) is 13.1 Å². The van der Waals surface area contributed by atoms with E-state index in [1.54, 1.807) is 61.2 Å². The fourth-order valence-corrected chi connectivity index (χ4v) is 2.04. The van der Waals surface area contributed by atoms with E-state index in [0.717, 1.165) is 5.34 Å². The summed E-state index contributed by atoms with van der Waals surface area (Å²) >= 11 is 0. The van der Waals surface area contributed by atoms with Gasteiger partial charge in [0.2, 0.25) is 0 Å². The van der Waals surface area contributed by atoms with E-state index in [2.05, 4.69) is 15.0 Å². The van der Waals surface area contributed by atoms with Crippen molar-refractivity contribution in [3.63, 3.8) is 0 Å². The number of benzene rings is 2. The maximum atomic E-state index is 11.4. The molecule has 2 aromatic carbocycles. The maximum absolute atomic E-state index is 11.4. The first kappa shape index (κ1) is 27.4. The average molecular weight is 464 g/mol. The Morgan fingerprint density at radius 1 is 0.806 bits per heavy atom. The van der Waals surface area contributed by atoms with Crippen LogP contribution in [0.4, 0.5) is 0 Å². The van der Waals surface area contributed by atoms with Crippen LogP contribution in [-0.4, -0.2) is 30.5 Å². The molecule has 0 aliphatic carbocycles. The summed E-state index contributed by atoms with van der Waals surface area (Å²) in [6.07, 6.45) is 6.68. The molecule has 3 rings (SSSR count). The predicted molar refractivity (Wildman–Crippen MR) is 115 cm³/mol. The fourth-order valence-electron chi connectivity index (χ4n) is 2.04. The van der Waals surface area contributed by atoms with Gasteiger partial charge in [0.1, 0.15) is 0 Å². The summed E-state index contributed by atoms with van der Waals surface area (Å²) in [5, 5.41) is 31.8. The first-order chi connectivity index (χ1) is 14.6. The second-order valence-electron chi connectivity index (χ2n) is 5.75. The van der Waals surface area contributed by atoms with Gasteiger partial charge in [0.15, 0.2) is 0 Å².